The first-order valence-electron chi connectivity index (χ1n) is 9.28. The lowest BCUT2D eigenvalue weighted by molar-refractivity contribution is -0.384. The van der Waals surface area contributed by atoms with Crippen LogP contribution in [0.1, 0.15) is 27.2 Å². The zero-order valence-corrected chi connectivity index (χ0v) is 16.6. The predicted octanol–water partition coefficient (Wildman–Crippen LogP) is 3.55. The maximum atomic E-state index is 12.2. The highest BCUT2D eigenvalue weighted by Gasteiger charge is 2.30. The quantitative estimate of drug-likeness (QED) is 0.577. The van der Waals surface area contributed by atoms with Crippen LogP contribution < -0.4 is 10.6 Å². The summed E-state index contributed by atoms with van der Waals surface area (Å²) < 4.78 is 5.40. The summed E-state index contributed by atoms with van der Waals surface area (Å²) in [5.41, 5.74) is -0.0327. The maximum Gasteiger partial charge on any atom is 0.410 e. The summed E-state index contributed by atoms with van der Waals surface area (Å²) in [5.74, 6) is 0.622. The SMILES string of the molecule is CC(C)(C)OC(=O)N1CC[C@H](Nc2ccc([N+](=O)[O-])c(Nc3ccncc3)n2)C1. The van der Waals surface area contributed by atoms with Gasteiger partial charge in [-0.25, -0.2) is 9.78 Å². The van der Waals surface area contributed by atoms with E-state index in [9.17, 15) is 14.9 Å². The van der Waals surface area contributed by atoms with E-state index in [1.165, 1.54) is 6.07 Å². The minimum atomic E-state index is -0.546. The van der Waals surface area contributed by atoms with Gasteiger partial charge in [0.15, 0.2) is 0 Å². The molecule has 2 N–H and O–H groups in total. The molecule has 1 aliphatic heterocycles. The summed E-state index contributed by atoms with van der Waals surface area (Å²) in [6, 6.07) is 6.33. The lowest BCUT2D eigenvalue weighted by Crippen LogP contribution is -2.36. The van der Waals surface area contributed by atoms with Crippen LogP contribution in [0, 0.1) is 10.1 Å². The molecule has 2 aromatic rings. The second-order valence-electron chi connectivity index (χ2n) is 7.74. The van der Waals surface area contributed by atoms with Crippen molar-refractivity contribution in [3.05, 3.63) is 46.8 Å². The summed E-state index contributed by atoms with van der Waals surface area (Å²) in [6.07, 6.45) is 3.55. The normalized spacial score (nSPS) is 16.4. The first kappa shape index (κ1) is 20.3. The van der Waals surface area contributed by atoms with Crippen molar-refractivity contribution in [2.75, 3.05) is 23.7 Å². The third kappa shape index (κ3) is 5.53. The summed E-state index contributed by atoms with van der Waals surface area (Å²) in [7, 11) is 0. The van der Waals surface area contributed by atoms with Crippen LogP contribution in [0.5, 0.6) is 0 Å². The topological polar surface area (TPSA) is 123 Å². The molecule has 0 spiro atoms. The molecule has 1 atom stereocenters. The van der Waals surface area contributed by atoms with Gasteiger partial charge in [-0.2, -0.15) is 0 Å². The number of ether oxygens (including phenoxy) is 1. The molecule has 154 valence electrons. The largest absolute Gasteiger partial charge is 0.444 e. The van der Waals surface area contributed by atoms with Gasteiger partial charge in [0.25, 0.3) is 0 Å². The Balaban J connectivity index is 1.69. The highest BCUT2D eigenvalue weighted by atomic mass is 16.6. The van der Waals surface area contributed by atoms with Gasteiger partial charge >= 0.3 is 11.8 Å². The Morgan fingerprint density at radius 2 is 2.00 bits per heavy atom. The number of anilines is 3. The molecule has 3 heterocycles. The number of rotatable bonds is 5. The van der Waals surface area contributed by atoms with Gasteiger partial charge in [-0.3, -0.25) is 15.1 Å². The van der Waals surface area contributed by atoms with E-state index in [0.29, 0.717) is 24.6 Å². The molecule has 0 aliphatic carbocycles. The Hall–Kier alpha value is -3.43. The van der Waals surface area contributed by atoms with E-state index in [1.54, 1.807) is 35.5 Å². The van der Waals surface area contributed by atoms with Crippen LogP contribution >= 0.6 is 0 Å². The minimum absolute atomic E-state index is 0.0229. The van der Waals surface area contributed by atoms with Gasteiger partial charge in [0.2, 0.25) is 5.82 Å². The van der Waals surface area contributed by atoms with Crippen molar-refractivity contribution in [1.82, 2.24) is 14.9 Å². The van der Waals surface area contributed by atoms with Crippen LogP contribution in [0.3, 0.4) is 0 Å². The number of hydrogen-bond acceptors (Lipinski definition) is 8. The molecule has 0 bridgehead atoms. The van der Waals surface area contributed by atoms with E-state index >= 15 is 0 Å². The van der Waals surface area contributed by atoms with Crippen LogP contribution in [0.4, 0.5) is 27.8 Å². The Morgan fingerprint density at radius 1 is 1.28 bits per heavy atom. The second-order valence-corrected chi connectivity index (χ2v) is 7.74. The number of amides is 1. The third-order valence-electron chi connectivity index (χ3n) is 4.21. The number of nitrogens with one attached hydrogen (secondary N) is 2. The number of nitro groups is 1. The molecule has 2 aromatic heterocycles. The molecular formula is C19H24N6O4. The zero-order chi connectivity index (χ0) is 21.0. The van der Waals surface area contributed by atoms with Gasteiger partial charge < -0.3 is 20.3 Å². The molecule has 1 aliphatic rings. The van der Waals surface area contributed by atoms with Crippen LogP contribution in [0.2, 0.25) is 0 Å². The Morgan fingerprint density at radius 3 is 2.66 bits per heavy atom. The monoisotopic (exact) mass is 400 g/mol. The standard InChI is InChI=1S/C19H24N6O4/c1-19(2,3)29-18(26)24-11-8-14(12-24)21-16-5-4-15(25(27)28)17(23-16)22-13-6-9-20-10-7-13/h4-7,9-10,14H,8,11-12H2,1-3H3,(H2,20,21,22,23)/t14-/m0/s1. The van der Waals surface area contributed by atoms with E-state index in [4.69, 9.17) is 4.74 Å². The van der Waals surface area contributed by atoms with Crippen molar-refractivity contribution in [2.24, 2.45) is 0 Å². The molecule has 1 fully saturated rings. The van der Waals surface area contributed by atoms with Gasteiger partial charge in [-0.15, -0.1) is 0 Å². The lowest BCUT2D eigenvalue weighted by Gasteiger charge is -2.24. The van der Waals surface area contributed by atoms with Gasteiger partial charge in [0.1, 0.15) is 11.4 Å². The highest BCUT2D eigenvalue weighted by molar-refractivity contribution is 5.69. The number of carbonyl (C=O) groups excluding carboxylic acids is 1. The van der Waals surface area contributed by atoms with E-state index in [0.717, 1.165) is 6.42 Å². The summed E-state index contributed by atoms with van der Waals surface area (Å²) >= 11 is 0. The van der Waals surface area contributed by atoms with E-state index < -0.39 is 10.5 Å². The van der Waals surface area contributed by atoms with E-state index in [2.05, 4.69) is 20.6 Å². The molecule has 0 radical (unpaired) electrons. The molecule has 0 aromatic carbocycles. The first-order valence-corrected chi connectivity index (χ1v) is 9.28. The molecule has 29 heavy (non-hydrogen) atoms. The molecule has 3 rings (SSSR count). The van der Waals surface area contributed by atoms with Crippen LogP contribution in [-0.2, 0) is 4.74 Å². The molecule has 1 saturated heterocycles. The van der Waals surface area contributed by atoms with Crippen molar-refractivity contribution >= 4 is 29.1 Å². The fourth-order valence-corrected chi connectivity index (χ4v) is 2.92. The Kier molecular flexibility index (Phi) is 5.81. The fourth-order valence-electron chi connectivity index (χ4n) is 2.92. The van der Waals surface area contributed by atoms with Crippen molar-refractivity contribution in [1.29, 1.82) is 0 Å². The molecule has 0 saturated carbocycles. The van der Waals surface area contributed by atoms with Crippen LogP contribution in [0.25, 0.3) is 0 Å². The van der Waals surface area contributed by atoms with E-state index in [1.807, 2.05) is 20.8 Å². The Labute approximate surface area is 168 Å². The van der Waals surface area contributed by atoms with Gasteiger partial charge in [0.05, 0.1) is 4.92 Å². The van der Waals surface area contributed by atoms with Crippen molar-refractivity contribution in [3.8, 4) is 0 Å². The first-order chi connectivity index (χ1) is 13.7. The van der Waals surface area contributed by atoms with Crippen molar-refractivity contribution < 1.29 is 14.5 Å². The number of nitrogens with zero attached hydrogens (tertiary/aromatic N) is 4. The van der Waals surface area contributed by atoms with Crippen LogP contribution in [0.15, 0.2) is 36.7 Å². The van der Waals surface area contributed by atoms with E-state index in [-0.39, 0.29) is 23.6 Å². The molecular weight excluding hydrogens is 376 g/mol. The smallest absolute Gasteiger partial charge is 0.410 e. The molecule has 10 heteroatoms. The third-order valence-corrected chi connectivity index (χ3v) is 4.21. The summed E-state index contributed by atoms with van der Waals surface area (Å²) in [5, 5.41) is 17.5. The summed E-state index contributed by atoms with van der Waals surface area (Å²) in [4.78, 5) is 33.0. The van der Waals surface area contributed by atoms with Crippen LogP contribution in [-0.4, -0.2) is 50.6 Å². The maximum absolute atomic E-state index is 12.2. The molecule has 10 nitrogen and oxygen atoms in total. The van der Waals surface area contributed by atoms with Gasteiger partial charge in [-0.1, -0.05) is 0 Å². The number of pyridine rings is 2. The predicted molar refractivity (Wildman–Crippen MR) is 108 cm³/mol. The average molecular weight is 400 g/mol. The molecule has 0 unspecified atom stereocenters. The lowest BCUT2D eigenvalue weighted by atomic mass is 10.2. The summed E-state index contributed by atoms with van der Waals surface area (Å²) in [6.45, 7) is 6.53. The molecule has 1 amide bonds. The second kappa shape index (κ2) is 8.29. The van der Waals surface area contributed by atoms with Gasteiger partial charge in [0, 0.05) is 43.3 Å². The number of carbonyl (C=O) groups is 1. The number of likely N-dealkylation sites (tertiary alicyclic amines) is 1. The zero-order valence-electron chi connectivity index (χ0n) is 16.6. The number of aromatic nitrogens is 2. The van der Waals surface area contributed by atoms with Crippen molar-refractivity contribution in [3.63, 3.8) is 0 Å². The highest BCUT2D eigenvalue weighted by Crippen LogP contribution is 2.28. The van der Waals surface area contributed by atoms with Crippen molar-refractivity contribution in [2.45, 2.75) is 38.8 Å². The minimum Gasteiger partial charge on any atom is -0.444 e. The Bertz CT molecular complexity index is 884. The van der Waals surface area contributed by atoms with Gasteiger partial charge in [-0.05, 0) is 45.4 Å². The number of hydrogen-bond donors (Lipinski definition) is 2. The fraction of sp³-hybridized carbons (Fsp3) is 0.421. The average Bonchev–Trinajstić information content (AvgIpc) is 3.10.